The highest BCUT2D eigenvalue weighted by atomic mass is 35.5. The summed E-state index contributed by atoms with van der Waals surface area (Å²) in [5.74, 6) is -1.53. The van der Waals surface area contributed by atoms with Crippen molar-refractivity contribution in [2.45, 2.75) is 20.8 Å². The molecule has 3 aromatic rings. The first-order valence-electron chi connectivity index (χ1n) is 10.5. The van der Waals surface area contributed by atoms with Gasteiger partial charge in [0.2, 0.25) is 0 Å². The summed E-state index contributed by atoms with van der Waals surface area (Å²) in [6, 6.07) is 17.3. The highest BCUT2D eigenvalue weighted by Gasteiger charge is 2.39. The van der Waals surface area contributed by atoms with Crippen molar-refractivity contribution >= 4 is 58.0 Å². The standard InChI is InChI=1S/C26H21Cl2N3O3/c1-14-4-10-19(11-5-14)31-25(33)22(28)23(26(31)34)30-21-12-17(8-6-16(21)3)24(32)29-18-9-7-15(2)20(27)13-18/h4-13,30H,1-3H3,(H,29,32). The Labute approximate surface area is 207 Å². The minimum atomic E-state index is -0.610. The fraction of sp³-hybridized carbons (Fsp3) is 0.115. The summed E-state index contributed by atoms with van der Waals surface area (Å²) >= 11 is 12.4. The SMILES string of the molecule is Cc1ccc(N2C(=O)C(Cl)=C(Nc3cc(C(=O)Nc4ccc(C)c(Cl)c4)ccc3C)C2=O)cc1. The summed E-state index contributed by atoms with van der Waals surface area (Å²) in [5.41, 5.74) is 4.45. The molecule has 0 radical (unpaired) electrons. The second-order valence-corrected chi connectivity index (χ2v) is 8.83. The maximum Gasteiger partial charge on any atom is 0.283 e. The van der Waals surface area contributed by atoms with Crippen molar-refractivity contribution < 1.29 is 14.4 Å². The van der Waals surface area contributed by atoms with Crippen LogP contribution in [0, 0.1) is 20.8 Å². The number of nitrogens with one attached hydrogen (secondary N) is 2. The number of aryl methyl sites for hydroxylation is 3. The van der Waals surface area contributed by atoms with E-state index < -0.39 is 11.8 Å². The van der Waals surface area contributed by atoms with Gasteiger partial charge >= 0.3 is 0 Å². The van der Waals surface area contributed by atoms with Crippen molar-refractivity contribution in [3.05, 3.63) is 98.7 Å². The van der Waals surface area contributed by atoms with Crippen molar-refractivity contribution in [2.75, 3.05) is 15.5 Å². The minimum Gasteiger partial charge on any atom is -0.349 e. The van der Waals surface area contributed by atoms with Gasteiger partial charge in [0.1, 0.15) is 10.7 Å². The Bertz CT molecular complexity index is 1360. The van der Waals surface area contributed by atoms with E-state index in [1.807, 2.05) is 39.0 Å². The van der Waals surface area contributed by atoms with Crippen LogP contribution in [0.15, 0.2) is 71.4 Å². The molecule has 0 unspecified atom stereocenters. The Morgan fingerprint density at radius 2 is 1.50 bits per heavy atom. The fourth-order valence-corrected chi connectivity index (χ4v) is 3.84. The Morgan fingerprint density at radius 3 is 2.18 bits per heavy atom. The van der Waals surface area contributed by atoms with Crippen LogP contribution >= 0.6 is 23.2 Å². The van der Waals surface area contributed by atoms with Crippen molar-refractivity contribution in [3.63, 3.8) is 0 Å². The highest BCUT2D eigenvalue weighted by molar-refractivity contribution is 6.53. The molecular formula is C26H21Cl2N3O3. The number of amides is 3. The van der Waals surface area contributed by atoms with Gasteiger partial charge in [-0.05, 0) is 68.3 Å². The molecule has 1 aliphatic rings. The summed E-state index contributed by atoms with van der Waals surface area (Å²) in [4.78, 5) is 39.6. The van der Waals surface area contributed by atoms with Gasteiger partial charge in [-0.15, -0.1) is 0 Å². The molecule has 0 spiro atoms. The summed E-state index contributed by atoms with van der Waals surface area (Å²) < 4.78 is 0. The van der Waals surface area contributed by atoms with E-state index in [0.29, 0.717) is 27.6 Å². The molecule has 3 amide bonds. The van der Waals surface area contributed by atoms with Crippen LogP contribution in [0.4, 0.5) is 17.1 Å². The van der Waals surface area contributed by atoms with Gasteiger partial charge in [0.05, 0.1) is 5.69 Å². The highest BCUT2D eigenvalue weighted by Crippen LogP contribution is 2.31. The van der Waals surface area contributed by atoms with E-state index in [1.165, 1.54) is 0 Å². The average molecular weight is 494 g/mol. The number of carbonyl (C=O) groups is 3. The van der Waals surface area contributed by atoms with Crippen molar-refractivity contribution in [3.8, 4) is 0 Å². The van der Waals surface area contributed by atoms with Gasteiger partial charge in [0.25, 0.3) is 17.7 Å². The molecule has 2 N–H and O–H groups in total. The van der Waals surface area contributed by atoms with Crippen molar-refractivity contribution in [1.82, 2.24) is 0 Å². The molecule has 8 heteroatoms. The smallest absolute Gasteiger partial charge is 0.283 e. The second-order valence-electron chi connectivity index (χ2n) is 8.04. The quantitative estimate of drug-likeness (QED) is 0.430. The van der Waals surface area contributed by atoms with E-state index in [1.54, 1.807) is 42.5 Å². The lowest BCUT2D eigenvalue weighted by atomic mass is 10.1. The first-order chi connectivity index (χ1) is 16.2. The number of nitrogens with zero attached hydrogens (tertiary/aromatic N) is 1. The number of carbonyl (C=O) groups excluding carboxylic acids is 3. The minimum absolute atomic E-state index is 0.0433. The Morgan fingerprint density at radius 1 is 0.824 bits per heavy atom. The van der Waals surface area contributed by atoms with Crippen LogP contribution in [-0.4, -0.2) is 17.7 Å². The molecule has 4 rings (SSSR count). The third-order valence-electron chi connectivity index (χ3n) is 5.51. The normalized spacial score (nSPS) is 13.5. The maximum absolute atomic E-state index is 13.1. The van der Waals surface area contributed by atoms with E-state index in [2.05, 4.69) is 10.6 Å². The molecule has 34 heavy (non-hydrogen) atoms. The summed E-state index contributed by atoms with van der Waals surface area (Å²) in [5, 5.41) is 6.10. The van der Waals surface area contributed by atoms with E-state index in [-0.39, 0.29) is 16.6 Å². The zero-order valence-electron chi connectivity index (χ0n) is 18.7. The van der Waals surface area contributed by atoms with Gasteiger partial charge in [-0.2, -0.15) is 0 Å². The van der Waals surface area contributed by atoms with E-state index in [4.69, 9.17) is 23.2 Å². The second kappa shape index (κ2) is 9.33. The lowest BCUT2D eigenvalue weighted by molar-refractivity contribution is -0.120. The molecule has 1 heterocycles. The molecule has 0 aromatic heterocycles. The van der Waals surface area contributed by atoms with Gasteiger partial charge in [-0.1, -0.05) is 53.0 Å². The van der Waals surface area contributed by atoms with Crippen LogP contribution in [0.1, 0.15) is 27.0 Å². The molecule has 0 bridgehead atoms. The summed E-state index contributed by atoms with van der Waals surface area (Å²) in [7, 11) is 0. The number of hydrogen-bond acceptors (Lipinski definition) is 4. The zero-order chi connectivity index (χ0) is 24.6. The third-order valence-corrected chi connectivity index (χ3v) is 6.27. The third kappa shape index (κ3) is 4.55. The molecule has 0 atom stereocenters. The fourth-order valence-electron chi connectivity index (χ4n) is 3.45. The number of hydrogen-bond donors (Lipinski definition) is 2. The number of anilines is 3. The largest absolute Gasteiger partial charge is 0.349 e. The van der Waals surface area contributed by atoms with Crippen molar-refractivity contribution in [1.29, 1.82) is 0 Å². The Kier molecular flexibility index (Phi) is 6.46. The first-order valence-corrected chi connectivity index (χ1v) is 11.2. The van der Waals surface area contributed by atoms with Gasteiger partial charge in [0.15, 0.2) is 0 Å². The number of rotatable bonds is 5. The van der Waals surface area contributed by atoms with Gasteiger partial charge in [-0.25, -0.2) is 4.90 Å². The predicted octanol–water partition coefficient (Wildman–Crippen LogP) is 5.95. The molecular weight excluding hydrogens is 473 g/mol. The summed E-state index contributed by atoms with van der Waals surface area (Å²) in [6.07, 6.45) is 0. The van der Waals surface area contributed by atoms with E-state index >= 15 is 0 Å². The van der Waals surface area contributed by atoms with Crippen molar-refractivity contribution in [2.24, 2.45) is 0 Å². The monoisotopic (exact) mass is 493 g/mol. The van der Waals surface area contributed by atoms with Crippen LogP contribution < -0.4 is 15.5 Å². The lowest BCUT2D eigenvalue weighted by Gasteiger charge is -2.16. The molecule has 0 saturated heterocycles. The number of halogens is 2. The van der Waals surface area contributed by atoms with E-state index in [9.17, 15) is 14.4 Å². The molecule has 0 fully saturated rings. The van der Waals surface area contributed by atoms with Crippen LogP contribution in [-0.2, 0) is 9.59 Å². The van der Waals surface area contributed by atoms with Gasteiger partial charge in [0, 0.05) is 22.0 Å². The van der Waals surface area contributed by atoms with Gasteiger partial charge < -0.3 is 10.6 Å². The molecule has 1 aliphatic heterocycles. The molecule has 172 valence electrons. The number of imide groups is 1. The topological polar surface area (TPSA) is 78.5 Å². The zero-order valence-corrected chi connectivity index (χ0v) is 20.2. The molecule has 6 nitrogen and oxygen atoms in total. The summed E-state index contributed by atoms with van der Waals surface area (Å²) in [6.45, 7) is 5.60. The Hall–Kier alpha value is -3.61. The maximum atomic E-state index is 13.1. The molecule has 0 aliphatic carbocycles. The van der Waals surface area contributed by atoms with E-state index in [0.717, 1.165) is 21.6 Å². The van der Waals surface area contributed by atoms with Crippen LogP contribution in [0.25, 0.3) is 0 Å². The molecule has 3 aromatic carbocycles. The lowest BCUT2D eigenvalue weighted by Crippen LogP contribution is -2.32. The first kappa shape index (κ1) is 23.5. The van der Waals surface area contributed by atoms with Crippen LogP contribution in [0.5, 0.6) is 0 Å². The Balaban J connectivity index is 1.58. The van der Waals surface area contributed by atoms with Gasteiger partial charge in [-0.3, -0.25) is 14.4 Å². The van der Waals surface area contributed by atoms with Crippen LogP contribution in [0.3, 0.4) is 0 Å². The average Bonchev–Trinajstić information content (AvgIpc) is 3.01. The van der Waals surface area contributed by atoms with Crippen LogP contribution in [0.2, 0.25) is 5.02 Å². The number of benzene rings is 3. The molecule has 0 saturated carbocycles. The predicted molar refractivity (Wildman–Crippen MR) is 135 cm³/mol.